The Kier molecular flexibility index (Phi) is 9.99. The Balaban J connectivity index is 1.74. The molecule has 2 heterocycles. The third-order valence-electron chi connectivity index (χ3n) is 5.07. The van der Waals surface area contributed by atoms with E-state index in [0.29, 0.717) is 15.8 Å². The predicted molar refractivity (Wildman–Crippen MR) is 133 cm³/mol. The largest absolute Gasteiger partial charge is 0.433 e. The molecule has 0 unspecified atom stereocenters. The van der Waals surface area contributed by atoms with E-state index in [2.05, 4.69) is 20.7 Å². The number of carbonyl (C=O) groups excluding carboxylic acids is 3. The summed E-state index contributed by atoms with van der Waals surface area (Å²) in [6, 6.07) is 6.52. The van der Waals surface area contributed by atoms with Crippen LogP contribution in [0.2, 0.25) is 4.34 Å². The number of ether oxygens (including phenoxy) is 2. The van der Waals surface area contributed by atoms with E-state index in [9.17, 15) is 23.2 Å². The van der Waals surface area contributed by atoms with Crippen LogP contribution in [-0.4, -0.2) is 63.2 Å². The lowest BCUT2D eigenvalue weighted by Crippen LogP contribution is -2.49. The number of benzene rings is 1. The number of rotatable bonds is 11. The highest BCUT2D eigenvalue weighted by molar-refractivity contribution is 7.18. The Bertz CT molecular complexity index is 1080. The van der Waals surface area contributed by atoms with Gasteiger partial charge in [0.2, 0.25) is 5.91 Å². The highest BCUT2D eigenvalue weighted by atomic mass is 35.5. The maximum absolute atomic E-state index is 13.1. The molecule has 1 aliphatic rings. The van der Waals surface area contributed by atoms with E-state index in [0.717, 1.165) is 11.3 Å². The first kappa shape index (κ1) is 27.8. The number of carbonyl (C=O) groups is 3. The number of alkyl halides is 2. The van der Waals surface area contributed by atoms with Crippen molar-refractivity contribution in [3.05, 3.63) is 39.5 Å². The zero-order valence-electron chi connectivity index (χ0n) is 19.7. The molecule has 2 aromatic rings. The summed E-state index contributed by atoms with van der Waals surface area (Å²) in [5.74, 6) is -1.28. The van der Waals surface area contributed by atoms with Crippen LogP contribution in [0.5, 0.6) is 5.75 Å². The van der Waals surface area contributed by atoms with Gasteiger partial charge in [-0.1, -0.05) is 25.4 Å². The van der Waals surface area contributed by atoms with Gasteiger partial charge in [-0.15, -0.1) is 11.3 Å². The van der Waals surface area contributed by atoms with Gasteiger partial charge in [0.25, 0.3) is 11.8 Å². The van der Waals surface area contributed by atoms with Gasteiger partial charge in [0.05, 0.1) is 21.5 Å². The number of amides is 3. The van der Waals surface area contributed by atoms with E-state index in [-0.39, 0.29) is 55.3 Å². The van der Waals surface area contributed by atoms with Gasteiger partial charge in [-0.3, -0.25) is 14.4 Å². The molecule has 0 saturated carbocycles. The fourth-order valence-electron chi connectivity index (χ4n) is 3.36. The van der Waals surface area contributed by atoms with Crippen molar-refractivity contribution in [1.82, 2.24) is 10.6 Å². The molecule has 1 aromatic heterocycles. The van der Waals surface area contributed by atoms with Gasteiger partial charge in [-0.2, -0.15) is 8.78 Å². The smallest absolute Gasteiger partial charge is 0.387 e. The second-order valence-electron chi connectivity index (χ2n) is 8.32. The molecule has 1 atom stereocenters. The van der Waals surface area contributed by atoms with Crippen LogP contribution < -0.4 is 25.6 Å². The Morgan fingerprint density at radius 1 is 1.22 bits per heavy atom. The zero-order chi connectivity index (χ0) is 26.2. The first-order valence-electron chi connectivity index (χ1n) is 11.2. The van der Waals surface area contributed by atoms with Gasteiger partial charge in [-0.05, 0) is 36.7 Å². The number of thiophene rings is 1. The lowest BCUT2D eigenvalue weighted by Gasteiger charge is -2.28. The monoisotopic (exact) mass is 544 g/mol. The summed E-state index contributed by atoms with van der Waals surface area (Å²) in [6.45, 7) is 1.54. The number of nitrogens with one attached hydrogen (secondary N) is 3. The van der Waals surface area contributed by atoms with Gasteiger partial charge < -0.3 is 30.3 Å². The topological polar surface area (TPSA) is 109 Å². The van der Waals surface area contributed by atoms with Crippen molar-refractivity contribution in [2.24, 2.45) is 5.92 Å². The molecular formula is C23H27ClF2N4O5S. The maximum atomic E-state index is 13.1. The molecule has 0 bridgehead atoms. The van der Waals surface area contributed by atoms with Crippen LogP contribution in [-0.2, 0) is 14.3 Å². The Morgan fingerprint density at radius 2 is 2.00 bits per heavy atom. The number of anilines is 2. The van der Waals surface area contributed by atoms with Crippen molar-refractivity contribution in [2.75, 3.05) is 43.1 Å². The van der Waals surface area contributed by atoms with Crippen molar-refractivity contribution < 1.29 is 32.6 Å². The molecule has 0 radical (unpaired) electrons. The van der Waals surface area contributed by atoms with E-state index < -0.39 is 24.5 Å². The van der Waals surface area contributed by atoms with Gasteiger partial charge in [0.15, 0.2) is 5.75 Å². The van der Waals surface area contributed by atoms with Gasteiger partial charge in [0, 0.05) is 24.8 Å². The molecule has 1 saturated heterocycles. The molecule has 3 rings (SSSR count). The van der Waals surface area contributed by atoms with E-state index in [1.807, 2.05) is 13.8 Å². The Morgan fingerprint density at radius 3 is 2.64 bits per heavy atom. The maximum Gasteiger partial charge on any atom is 0.387 e. The van der Waals surface area contributed by atoms with Crippen molar-refractivity contribution in [1.29, 1.82) is 0 Å². The number of nitrogens with zero attached hydrogens (tertiary/aromatic N) is 1. The standard InChI is InChI=1S/C23H27ClF2N4O5S/c1-13(2)10-27-15(11-28-22(33)18-5-6-19(24)36-18)21(32)29-14-3-4-16(17(9-14)35-23(25)26)30-7-8-34-12-20(30)31/h3-6,9,13,15,23,27H,7-8,10-12H2,1-2H3,(H,28,33)(H,29,32)/t15-/m0/s1. The molecule has 3 N–H and O–H groups in total. The molecule has 1 aromatic carbocycles. The summed E-state index contributed by atoms with van der Waals surface area (Å²) < 4.78 is 36.4. The summed E-state index contributed by atoms with van der Waals surface area (Å²) >= 11 is 7.00. The molecule has 1 fully saturated rings. The van der Waals surface area contributed by atoms with Crippen LogP contribution in [0, 0.1) is 5.92 Å². The highest BCUT2D eigenvalue weighted by Crippen LogP contribution is 2.33. The SMILES string of the molecule is CC(C)CN[C@@H](CNC(=O)c1ccc(Cl)s1)C(=O)Nc1ccc(N2CCOCC2=O)c(OC(F)F)c1. The molecule has 0 aliphatic carbocycles. The van der Waals surface area contributed by atoms with Crippen LogP contribution >= 0.6 is 22.9 Å². The fourth-order valence-corrected chi connectivity index (χ4v) is 4.32. The number of halogens is 3. The second-order valence-corrected chi connectivity index (χ2v) is 10.0. The summed E-state index contributed by atoms with van der Waals surface area (Å²) in [5.41, 5.74) is 0.339. The third kappa shape index (κ3) is 7.85. The molecule has 1 aliphatic heterocycles. The van der Waals surface area contributed by atoms with Gasteiger partial charge in [-0.25, -0.2) is 0 Å². The van der Waals surface area contributed by atoms with Crippen LogP contribution in [0.3, 0.4) is 0 Å². The quantitative estimate of drug-likeness (QED) is 0.400. The number of hydrogen-bond donors (Lipinski definition) is 3. The van der Waals surface area contributed by atoms with Crippen molar-refractivity contribution >= 4 is 52.0 Å². The summed E-state index contributed by atoms with van der Waals surface area (Å²) in [7, 11) is 0. The van der Waals surface area contributed by atoms with E-state index in [4.69, 9.17) is 16.3 Å². The van der Waals surface area contributed by atoms with Crippen molar-refractivity contribution in [2.45, 2.75) is 26.5 Å². The normalized spacial score (nSPS) is 14.8. The van der Waals surface area contributed by atoms with E-state index >= 15 is 0 Å². The Hall–Kier alpha value is -2.80. The van der Waals surface area contributed by atoms with Gasteiger partial charge >= 0.3 is 6.61 Å². The number of hydrogen-bond acceptors (Lipinski definition) is 7. The average Bonchev–Trinajstić information content (AvgIpc) is 3.25. The van der Waals surface area contributed by atoms with Crippen molar-refractivity contribution in [3.8, 4) is 5.75 Å². The predicted octanol–water partition coefficient (Wildman–Crippen LogP) is 3.35. The number of morpholine rings is 1. The molecule has 9 nitrogen and oxygen atoms in total. The molecule has 3 amide bonds. The lowest BCUT2D eigenvalue weighted by molar-refractivity contribution is -0.125. The second kappa shape index (κ2) is 12.9. The fraction of sp³-hybridized carbons (Fsp3) is 0.435. The van der Waals surface area contributed by atoms with Crippen LogP contribution in [0.4, 0.5) is 20.2 Å². The molecule has 196 valence electrons. The summed E-state index contributed by atoms with van der Waals surface area (Å²) in [4.78, 5) is 39.3. The minimum Gasteiger partial charge on any atom is -0.433 e. The average molecular weight is 545 g/mol. The van der Waals surface area contributed by atoms with Crippen LogP contribution in [0.25, 0.3) is 0 Å². The minimum absolute atomic E-state index is 0.0202. The molecule has 0 spiro atoms. The van der Waals surface area contributed by atoms with Crippen molar-refractivity contribution in [3.63, 3.8) is 0 Å². The van der Waals surface area contributed by atoms with E-state index in [1.165, 1.54) is 23.1 Å². The van der Waals surface area contributed by atoms with Gasteiger partial charge in [0.1, 0.15) is 12.6 Å². The zero-order valence-corrected chi connectivity index (χ0v) is 21.3. The summed E-state index contributed by atoms with van der Waals surface area (Å²) in [6.07, 6.45) is 0. The lowest BCUT2D eigenvalue weighted by atomic mass is 10.1. The van der Waals surface area contributed by atoms with Crippen LogP contribution in [0.15, 0.2) is 30.3 Å². The van der Waals surface area contributed by atoms with E-state index in [1.54, 1.807) is 12.1 Å². The molecule has 13 heteroatoms. The summed E-state index contributed by atoms with van der Waals surface area (Å²) in [5, 5.41) is 8.47. The molecule has 36 heavy (non-hydrogen) atoms. The third-order valence-corrected chi connectivity index (χ3v) is 6.30. The van der Waals surface area contributed by atoms with Crippen LogP contribution in [0.1, 0.15) is 23.5 Å². The minimum atomic E-state index is -3.13. The first-order valence-corrected chi connectivity index (χ1v) is 12.4. The highest BCUT2D eigenvalue weighted by Gasteiger charge is 2.26. The first-order chi connectivity index (χ1) is 17.1. The Labute approximate surface area is 216 Å². The molecular weight excluding hydrogens is 518 g/mol.